The molecule has 0 aliphatic heterocycles. The van der Waals surface area contributed by atoms with Gasteiger partial charge in [-0.25, -0.2) is 0 Å². The number of benzene rings is 2. The standard InChI is InChI=1S/C19H20ClNO4/c1-12(14-4-7-16(20)8-5-14)21-19(23)11-25-17-9-6-15(13(2)22)10-18(17)24-3/h4-10,12H,11H2,1-3H3,(H,21,23). The van der Waals surface area contributed by atoms with E-state index in [9.17, 15) is 9.59 Å². The van der Waals surface area contributed by atoms with Crippen LogP contribution >= 0.6 is 11.6 Å². The number of carbonyl (C=O) groups is 2. The number of nitrogens with one attached hydrogen (secondary N) is 1. The second-order valence-corrected chi connectivity index (χ2v) is 5.99. The molecule has 0 spiro atoms. The summed E-state index contributed by atoms with van der Waals surface area (Å²) >= 11 is 5.86. The number of hydrogen-bond acceptors (Lipinski definition) is 4. The summed E-state index contributed by atoms with van der Waals surface area (Å²) in [4.78, 5) is 23.5. The molecule has 0 fully saturated rings. The molecular weight excluding hydrogens is 342 g/mol. The van der Waals surface area contributed by atoms with E-state index in [2.05, 4.69) is 5.32 Å². The summed E-state index contributed by atoms with van der Waals surface area (Å²) in [5, 5.41) is 3.50. The molecule has 1 atom stereocenters. The second-order valence-electron chi connectivity index (χ2n) is 5.55. The van der Waals surface area contributed by atoms with Crippen LogP contribution in [0.5, 0.6) is 11.5 Å². The van der Waals surface area contributed by atoms with Crippen molar-refractivity contribution in [1.82, 2.24) is 5.32 Å². The lowest BCUT2D eigenvalue weighted by Crippen LogP contribution is -2.31. The lowest BCUT2D eigenvalue weighted by molar-refractivity contribution is -0.123. The Morgan fingerprint density at radius 3 is 2.40 bits per heavy atom. The van der Waals surface area contributed by atoms with Gasteiger partial charge in [-0.1, -0.05) is 23.7 Å². The first kappa shape index (κ1) is 18.8. The van der Waals surface area contributed by atoms with Crippen LogP contribution in [0, 0.1) is 0 Å². The minimum absolute atomic E-state index is 0.0700. The molecule has 2 aromatic rings. The summed E-state index contributed by atoms with van der Waals surface area (Å²) < 4.78 is 10.7. The van der Waals surface area contributed by atoms with Crippen LogP contribution in [0.4, 0.5) is 0 Å². The minimum Gasteiger partial charge on any atom is -0.493 e. The minimum atomic E-state index is -0.264. The molecule has 0 bridgehead atoms. The number of ether oxygens (including phenoxy) is 2. The van der Waals surface area contributed by atoms with Crippen molar-refractivity contribution < 1.29 is 19.1 Å². The summed E-state index contributed by atoms with van der Waals surface area (Å²) in [6.07, 6.45) is 0. The molecule has 2 aromatic carbocycles. The summed E-state index contributed by atoms with van der Waals surface area (Å²) in [5.41, 5.74) is 1.46. The van der Waals surface area contributed by atoms with Crippen LogP contribution in [0.25, 0.3) is 0 Å². The van der Waals surface area contributed by atoms with E-state index in [0.717, 1.165) is 5.56 Å². The van der Waals surface area contributed by atoms with Gasteiger partial charge in [0.05, 0.1) is 13.2 Å². The van der Waals surface area contributed by atoms with Crippen LogP contribution in [0.2, 0.25) is 5.02 Å². The maximum absolute atomic E-state index is 12.1. The number of Topliss-reactive ketones (excluding diaryl/α,β-unsaturated/α-hetero) is 1. The Morgan fingerprint density at radius 1 is 1.12 bits per heavy atom. The van der Waals surface area contributed by atoms with E-state index in [1.54, 1.807) is 30.3 Å². The van der Waals surface area contributed by atoms with Gasteiger partial charge in [0.25, 0.3) is 5.91 Å². The Morgan fingerprint density at radius 2 is 1.80 bits per heavy atom. The van der Waals surface area contributed by atoms with Gasteiger partial charge in [-0.15, -0.1) is 0 Å². The molecule has 2 rings (SSSR count). The van der Waals surface area contributed by atoms with Gasteiger partial charge in [0.2, 0.25) is 0 Å². The highest BCUT2D eigenvalue weighted by Crippen LogP contribution is 2.28. The monoisotopic (exact) mass is 361 g/mol. The van der Waals surface area contributed by atoms with Crippen molar-refractivity contribution in [2.75, 3.05) is 13.7 Å². The molecule has 0 aromatic heterocycles. The Kier molecular flexibility index (Phi) is 6.42. The van der Waals surface area contributed by atoms with E-state index >= 15 is 0 Å². The SMILES string of the molecule is COc1cc(C(C)=O)ccc1OCC(=O)NC(C)c1ccc(Cl)cc1. The predicted octanol–water partition coefficient (Wildman–Crippen LogP) is 3.81. The number of amides is 1. The molecule has 1 N–H and O–H groups in total. The first-order chi connectivity index (χ1) is 11.9. The average Bonchev–Trinajstić information content (AvgIpc) is 2.60. The fourth-order valence-electron chi connectivity index (χ4n) is 2.27. The van der Waals surface area contributed by atoms with Gasteiger partial charge in [-0.2, -0.15) is 0 Å². The maximum atomic E-state index is 12.1. The average molecular weight is 362 g/mol. The van der Waals surface area contributed by atoms with Gasteiger partial charge >= 0.3 is 0 Å². The predicted molar refractivity (Wildman–Crippen MR) is 96.5 cm³/mol. The number of rotatable bonds is 7. The molecule has 0 aliphatic rings. The third-order valence-corrected chi connectivity index (χ3v) is 3.93. The van der Waals surface area contributed by atoms with Crippen molar-refractivity contribution >= 4 is 23.3 Å². The second kappa shape index (κ2) is 8.53. The molecule has 1 amide bonds. The zero-order chi connectivity index (χ0) is 18.4. The molecule has 1 unspecified atom stereocenters. The van der Waals surface area contributed by atoms with Crippen LogP contribution in [-0.2, 0) is 4.79 Å². The highest BCUT2D eigenvalue weighted by molar-refractivity contribution is 6.30. The summed E-state index contributed by atoms with van der Waals surface area (Å²) in [7, 11) is 1.48. The van der Waals surface area contributed by atoms with Gasteiger partial charge in [0, 0.05) is 10.6 Å². The number of hydrogen-bond donors (Lipinski definition) is 1. The Hall–Kier alpha value is -2.53. The molecule has 0 saturated carbocycles. The van der Waals surface area contributed by atoms with Crippen LogP contribution in [0.15, 0.2) is 42.5 Å². The molecule has 0 heterocycles. The lowest BCUT2D eigenvalue weighted by Gasteiger charge is -2.16. The number of methoxy groups -OCH3 is 1. The molecule has 0 aliphatic carbocycles. The number of ketones is 1. The molecule has 132 valence electrons. The van der Waals surface area contributed by atoms with Crippen LogP contribution in [-0.4, -0.2) is 25.4 Å². The van der Waals surface area contributed by atoms with E-state index in [1.165, 1.54) is 14.0 Å². The van der Waals surface area contributed by atoms with Crippen molar-refractivity contribution in [2.24, 2.45) is 0 Å². The van der Waals surface area contributed by atoms with Gasteiger partial charge in [-0.3, -0.25) is 9.59 Å². The number of halogens is 1. The van der Waals surface area contributed by atoms with E-state index in [0.29, 0.717) is 22.1 Å². The third-order valence-electron chi connectivity index (χ3n) is 3.68. The van der Waals surface area contributed by atoms with Crippen LogP contribution < -0.4 is 14.8 Å². The Bertz CT molecular complexity index is 759. The quantitative estimate of drug-likeness (QED) is 0.762. The largest absolute Gasteiger partial charge is 0.493 e. The lowest BCUT2D eigenvalue weighted by atomic mass is 10.1. The van der Waals surface area contributed by atoms with E-state index in [4.69, 9.17) is 21.1 Å². The van der Waals surface area contributed by atoms with Crippen LogP contribution in [0.3, 0.4) is 0 Å². The normalized spacial score (nSPS) is 11.5. The molecular formula is C19H20ClNO4. The smallest absolute Gasteiger partial charge is 0.258 e. The molecule has 0 radical (unpaired) electrons. The molecule has 25 heavy (non-hydrogen) atoms. The highest BCUT2D eigenvalue weighted by Gasteiger charge is 2.13. The molecule has 0 saturated heterocycles. The van der Waals surface area contributed by atoms with Crippen LogP contribution in [0.1, 0.15) is 35.8 Å². The first-order valence-electron chi connectivity index (χ1n) is 7.77. The third kappa shape index (κ3) is 5.22. The summed E-state index contributed by atoms with van der Waals surface area (Å²) in [6.45, 7) is 3.19. The van der Waals surface area contributed by atoms with Crippen molar-refractivity contribution in [3.05, 3.63) is 58.6 Å². The van der Waals surface area contributed by atoms with Gasteiger partial charge in [0.1, 0.15) is 0 Å². The Balaban J connectivity index is 1.95. The molecule has 6 heteroatoms. The van der Waals surface area contributed by atoms with Gasteiger partial charge in [0.15, 0.2) is 23.9 Å². The van der Waals surface area contributed by atoms with Gasteiger partial charge in [-0.05, 0) is 49.7 Å². The maximum Gasteiger partial charge on any atom is 0.258 e. The fraction of sp³-hybridized carbons (Fsp3) is 0.263. The Labute approximate surface area is 151 Å². The van der Waals surface area contributed by atoms with Crippen molar-refractivity contribution in [2.45, 2.75) is 19.9 Å². The van der Waals surface area contributed by atoms with Crippen molar-refractivity contribution in [1.29, 1.82) is 0 Å². The fourth-order valence-corrected chi connectivity index (χ4v) is 2.39. The topological polar surface area (TPSA) is 64.6 Å². The van der Waals surface area contributed by atoms with E-state index < -0.39 is 0 Å². The zero-order valence-corrected chi connectivity index (χ0v) is 15.1. The van der Waals surface area contributed by atoms with E-state index in [1.807, 2.05) is 19.1 Å². The summed E-state index contributed by atoms with van der Waals surface area (Å²) in [5.74, 6) is 0.479. The zero-order valence-electron chi connectivity index (χ0n) is 14.3. The number of carbonyl (C=O) groups excluding carboxylic acids is 2. The van der Waals surface area contributed by atoms with Gasteiger partial charge < -0.3 is 14.8 Å². The van der Waals surface area contributed by atoms with E-state index in [-0.39, 0.29) is 24.3 Å². The highest BCUT2D eigenvalue weighted by atomic mass is 35.5. The van der Waals surface area contributed by atoms with Crippen molar-refractivity contribution in [3.63, 3.8) is 0 Å². The first-order valence-corrected chi connectivity index (χ1v) is 8.15. The summed E-state index contributed by atoms with van der Waals surface area (Å²) in [6, 6.07) is 11.9. The van der Waals surface area contributed by atoms with Crippen molar-refractivity contribution in [3.8, 4) is 11.5 Å². The molecule has 5 nitrogen and oxygen atoms in total.